The van der Waals surface area contributed by atoms with Gasteiger partial charge in [0, 0.05) is 31.2 Å². The Morgan fingerprint density at radius 2 is 1.85 bits per heavy atom. The number of morpholine rings is 1. The summed E-state index contributed by atoms with van der Waals surface area (Å²) in [7, 11) is -6.71. The summed E-state index contributed by atoms with van der Waals surface area (Å²) in [6.07, 6.45) is 0.436. The van der Waals surface area contributed by atoms with Crippen LogP contribution in [0.4, 0.5) is 0 Å². The van der Waals surface area contributed by atoms with Crippen molar-refractivity contribution in [2.75, 3.05) is 44.4 Å². The summed E-state index contributed by atoms with van der Waals surface area (Å²) in [5.41, 5.74) is 0.349. The molecule has 10 heteroatoms. The van der Waals surface area contributed by atoms with Crippen molar-refractivity contribution in [2.24, 2.45) is 0 Å². The first kappa shape index (κ1) is 20.2. The number of sulfone groups is 1. The molecular weight excluding hydrogens is 392 g/mol. The van der Waals surface area contributed by atoms with Crippen LogP contribution < -0.4 is 0 Å². The van der Waals surface area contributed by atoms with E-state index in [1.807, 2.05) is 0 Å². The van der Waals surface area contributed by atoms with E-state index in [-0.39, 0.29) is 28.4 Å². The van der Waals surface area contributed by atoms with Crippen molar-refractivity contribution in [2.45, 2.75) is 24.3 Å². The number of rotatable bonds is 5. The summed E-state index contributed by atoms with van der Waals surface area (Å²) in [5, 5.41) is 0. The van der Waals surface area contributed by atoms with E-state index in [2.05, 4.69) is 0 Å². The summed E-state index contributed by atoms with van der Waals surface area (Å²) in [6, 6.07) is 5.50. The molecule has 1 aromatic rings. The van der Waals surface area contributed by atoms with E-state index >= 15 is 0 Å². The maximum absolute atomic E-state index is 12.8. The molecular formula is C17H24N2O6S2. The molecule has 1 atom stereocenters. The van der Waals surface area contributed by atoms with Gasteiger partial charge in [-0.1, -0.05) is 0 Å². The quantitative estimate of drug-likeness (QED) is 0.687. The smallest absolute Gasteiger partial charge is 0.254 e. The predicted octanol–water partition coefficient (Wildman–Crippen LogP) is 0.357. The zero-order chi connectivity index (χ0) is 19.7. The Labute approximate surface area is 160 Å². The SMILES string of the molecule is CCN(C(=O)c1ccc(S(=O)(=O)N2CCOCC2)cc1)C1CCS(=O)(=O)C1. The van der Waals surface area contributed by atoms with Crippen LogP contribution >= 0.6 is 0 Å². The fraction of sp³-hybridized carbons (Fsp3) is 0.588. The number of sulfonamides is 1. The van der Waals surface area contributed by atoms with Gasteiger partial charge in [0.05, 0.1) is 29.6 Å². The van der Waals surface area contributed by atoms with Crippen LogP contribution in [0.15, 0.2) is 29.2 Å². The minimum absolute atomic E-state index is 0.0178. The third kappa shape index (κ3) is 4.34. The minimum Gasteiger partial charge on any atom is -0.379 e. The van der Waals surface area contributed by atoms with Crippen LogP contribution in [-0.4, -0.2) is 82.3 Å². The van der Waals surface area contributed by atoms with E-state index in [0.29, 0.717) is 44.8 Å². The van der Waals surface area contributed by atoms with E-state index in [9.17, 15) is 21.6 Å². The molecule has 0 saturated carbocycles. The molecule has 0 aromatic heterocycles. The molecule has 1 unspecified atom stereocenters. The van der Waals surface area contributed by atoms with Crippen molar-refractivity contribution in [3.63, 3.8) is 0 Å². The average molecular weight is 417 g/mol. The molecule has 1 aromatic carbocycles. The Morgan fingerprint density at radius 1 is 1.22 bits per heavy atom. The normalized spacial score (nSPS) is 23.2. The van der Waals surface area contributed by atoms with Gasteiger partial charge in [0.1, 0.15) is 0 Å². The first-order valence-corrected chi connectivity index (χ1v) is 12.2. The standard InChI is InChI=1S/C17H24N2O6S2/c1-2-19(15-7-12-26(21,22)13-15)17(20)14-3-5-16(6-4-14)27(23,24)18-8-10-25-11-9-18/h3-6,15H,2,7-13H2,1H3. The lowest BCUT2D eigenvalue weighted by Crippen LogP contribution is -2.41. The molecule has 2 heterocycles. The minimum atomic E-state index is -3.61. The highest BCUT2D eigenvalue weighted by Gasteiger charge is 2.34. The molecule has 27 heavy (non-hydrogen) atoms. The molecule has 2 aliphatic rings. The van der Waals surface area contributed by atoms with E-state index in [4.69, 9.17) is 4.74 Å². The molecule has 1 amide bonds. The van der Waals surface area contributed by atoms with Gasteiger partial charge in [0.25, 0.3) is 5.91 Å². The highest BCUT2D eigenvalue weighted by molar-refractivity contribution is 7.91. The second kappa shape index (κ2) is 7.86. The molecule has 0 radical (unpaired) electrons. The molecule has 3 rings (SSSR count). The Kier molecular flexibility index (Phi) is 5.90. The summed E-state index contributed by atoms with van der Waals surface area (Å²) < 4.78 is 55.3. The largest absolute Gasteiger partial charge is 0.379 e. The number of carbonyl (C=O) groups is 1. The van der Waals surface area contributed by atoms with Gasteiger partial charge < -0.3 is 9.64 Å². The highest BCUT2D eigenvalue weighted by atomic mass is 32.2. The van der Waals surface area contributed by atoms with Crippen molar-refractivity contribution >= 4 is 25.8 Å². The third-order valence-electron chi connectivity index (χ3n) is 4.96. The number of carbonyl (C=O) groups excluding carboxylic acids is 1. The molecule has 2 aliphatic heterocycles. The summed E-state index contributed by atoms with van der Waals surface area (Å²) in [6.45, 7) is 3.55. The zero-order valence-electron chi connectivity index (χ0n) is 15.2. The van der Waals surface area contributed by atoms with Crippen molar-refractivity contribution in [3.8, 4) is 0 Å². The Bertz CT molecular complexity index is 890. The lowest BCUT2D eigenvalue weighted by molar-refractivity contribution is 0.0708. The van der Waals surface area contributed by atoms with Crippen LogP contribution in [0.1, 0.15) is 23.7 Å². The van der Waals surface area contributed by atoms with Crippen LogP contribution in [0.3, 0.4) is 0 Å². The number of nitrogens with zero attached hydrogens (tertiary/aromatic N) is 2. The van der Waals surface area contributed by atoms with Crippen molar-refractivity contribution < 1.29 is 26.4 Å². The second-order valence-electron chi connectivity index (χ2n) is 6.69. The molecule has 0 spiro atoms. The van der Waals surface area contributed by atoms with Gasteiger partial charge in [0.2, 0.25) is 10.0 Å². The summed E-state index contributed by atoms with van der Waals surface area (Å²) in [4.78, 5) is 14.5. The van der Waals surface area contributed by atoms with E-state index < -0.39 is 19.9 Å². The second-order valence-corrected chi connectivity index (χ2v) is 10.9. The Hall–Kier alpha value is -1.49. The Morgan fingerprint density at radius 3 is 2.37 bits per heavy atom. The van der Waals surface area contributed by atoms with Crippen LogP contribution in [-0.2, 0) is 24.6 Å². The molecule has 2 fully saturated rings. The van der Waals surface area contributed by atoms with E-state index in [1.54, 1.807) is 11.8 Å². The topological polar surface area (TPSA) is 101 Å². The predicted molar refractivity (Wildman–Crippen MR) is 99.8 cm³/mol. The van der Waals surface area contributed by atoms with Gasteiger partial charge in [-0.3, -0.25) is 4.79 Å². The summed E-state index contributed by atoms with van der Waals surface area (Å²) in [5.74, 6) is -0.205. The van der Waals surface area contributed by atoms with Gasteiger partial charge in [-0.15, -0.1) is 0 Å². The third-order valence-corrected chi connectivity index (χ3v) is 8.62. The fourth-order valence-corrected chi connectivity index (χ4v) is 6.60. The van der Waals surface area contributed by atoms with Crippen molar-refractivity contribution in [1.82, 2.24) is 9.21 Å². The summed E-state index contributed by atoms with van der Waals surface area (Å²) >= 11 is 0. The number of hydrogen-bond donors (Lipinski definition) is 0. The van der Waals surface area contributed by atoms with Gasteiger partial charge in [-0.05, 0) is 37.6 Å². The molecule has 8 nitrogen and oxygen atoms in total. The lowest BCUT2D eigenvalue weighted by Gasteiger charge is -2.27. The number of benzene rings is 1. The maximum atomic E-state index is 12.8. The van der Waals surface area contributed by atoms with Crippen LogP contribution in [0, 0.1) is 0 Å². The molecule has 150 valence electrons. The van der Waals surface area contributed by atoms with Crippen LogP contribution in [0.5, 0.6) is 0 Å². The number of amides is 1. The van der Waals surface area contributed by atoms with Gasteiger partial charge in [-0.2, -0.15) is 4.31 Å². The van der Waals surface area contributed by atoms with Gasteiger partial charge in [0.15, 0.2) is 9.84 Å². The van der Waals surface area contributed by atoms with Crippen molar-refractivity contribution in [3.05, 3.63) is 29.8 Å². The lowest BCUT2D eigenvalue weighted by atomic mass is 10.1. The van der Waals surface area contributed by atoms with Crippen LogP contribution in [0.25, 0.3) is 0 Å². The first-order valence-electron chi connectivity index (χ1n) is 8.94. The van der Waals surface area contributed by atoms with E-state index in [1.165, 1.54) is 28.6 Å². The number of hydrogen-bond acceptors (Lipinski definition) is 6. The molecule has 0 bridgehead atoms. The molecule has 0 aliphatic carbocycles. The molecule has 2 saturated heterocycles. The molecule has 0 N–H and O–H groups in total. The Balaban J connectivity index is 1.77. The monoisotopic (exact) mass is 416 g/mol. The zero-order valence-corrected chi connectivity index (χ0v) is 16.8. The average Bonchev–Trinajstić information content (AvgIpc) is 3.02. The maximum Gasteiger partial charge on any atom is 0.254 e. The van der Waals surface area contributed by atoms with Crippen LogP contribution in [0.2, 0.25) is 0 Å². The highest BCUT2D eigenvalue weighted by Crippen LogP contribution is 2.22. The van der Waals surface area contributed by atoms with E-state index in [0.717, 1.165) is 0 Å². The first-order chi connectivity index (χ1) is 12.7. The fourth-order valence-electron chi connectivity index (χ4n) is 3.46. The number of ether oxygens (including phenoxy) is 1. The van der Waals surface area contributed by atoms with Gasteiger partial charge in [-0.25, -0.2) is 16.8 Å². The van der Waals surface area contributed by atoms with Gasteiger partial charge >= 0.3 is 0 Å². The van der Waals surface area contributed by atoms with Crippen molar-refractivity contribution in [1.29, 1.82) is 0 Å².